The normalized spacial score (nSPS) is 12.2. The van der Waals surface area contributed by atoms with Crippen molar-refractivity contribution in [3.63, 3.8) is 0 Å². The predicted molar refractivity (Wildman–Crippen MR) is 85.6 cm³/mol. The maximum Gasteiger partial charge on any atom is 0.122 e. The summed E-state index contributed by atoms with van der Waals surface area (Å²) >= 11 is 3.57. The number of hydrogen-bond acceptors (Lipinski definition) is 3. The number of benzene rings is 2. The van der Waals surface area contributed by atoms with Gasteiger partial charge in [0.25, 0.3) is 0 Å². The van der Waals surface area contributed by atoms with Crippen LogP contribution in [-0.2, 0) is 6.42 Å². The summed E-state index contributed by atoms with van der Waals surface area (Å²) in [7, 11) is 1.69. The molecule has 0 saturated heterocycles. The number of aryl methyl sites for hydroxylation is 1. The van der Waals surface area contributed by atoms with E-state index >= 15 is 0 Å². The van der Waals surface area contributed by atoms with Crippen LogP contribution in [0.2, 0.25) is 0 Å². The van der Waals surface area contributed by atoms with Crippen LogP contribution in [0.5, 0.6) is 5.75 Å². The summed E-state index contributed by atoms with van der Waals surface area (Å²) in [5, 5.41) is 0. The number of ether oxygens (including phenoxy) is 1. The average molecular weight is 335 g/mol. The lowest BCUT2D eigenvalue weighted by Crippen LogP contribution is -2.30. The number of halogens is 1. The molecule has 3 N–H and O–H groups in total. The van der Waals surface area contributed by atoms with Gasteiger partial charge in [0, 0.05) is 4.47 Å². The molecule has 0 saturated carbocycles. The smallest absolute Gasteiger partial charge is 0.122 e. The van der Waals surface area contributed by atoms with E-state index < -0.39 is 0 Å². The molecular weight excluding hydrogens is 316 g/mol. The molecule has 0 fully saturated rings. The molecule has 0 aromatic heterocycles. The van der Waals surface area contributed by atoms with Crippen LogP contribution >= 0.6 is 15.9 Å². The molecule has 0 bridgehead atoms. The Balaban J connectivity index is 2.31. The molecule has 0 amide bonds. The fraction of sp³-hybridized carbons (Fsp3) is 0.250. The van der Waals surface area contributed by atoms with Crippen LogP contribution in [0, 0.1) is 6.92 Å². The Morgan fingerprint density at radius 3 is 2.65 bits per heavy atom. The fourth-order valence-corrected chi connectivity index (χ4v) is 2.86. The van der Waals surface area contributed by atoms with Crippen molar-refractivity contribution in [3.8, 4) is 5.75 Å². The molecule has 0 aliphatic rings. The summed E-state index contributed by atoms with van der Waals surface area (Å²) in [6, 6.07) is 14.3. The van der Waals surface area contributed by atoms with E-state index in [1.54, 1.807) is 7.11 Å². The van der Waals surface area contributed by atoms with E-state index in [0.29, 0.717) is 0 Å². The lowest BCUT2D eigenvalue weighted by atomic mass is 9.97. The zero-order valence-corrected chi connectivity index (χ0v) is 13.3. The molecule has 2 rings (SSSR count). The summed E-state index contributed by atoms with van der Waals surface area (Å²) in [5.74, 6) is 6.63. The summed E-state index contributed by atoms with van der Waals surface area (Å²) in [6.45, 7) is 2.08. The van der Waals surface area contributed by atoms with Crippen molar-refractivity contribution < 1.29 is 4.74 Å². The van der Waals surface area contributed by atoms with Gasteiger partial charge in [-0.2, -0.15) is 0 Å². The first-order valence-electron chi connectivity index (χ1n) is 6.49. The van der Waals surface area contributed by atoms with E-state index in [1.165, 1.54) is 5.56 Å². The van der Waals surface area contributed by atoms with E-state index in [-0.39, 0.29) is 6.04 Å². The molecule has 106 valence electrons. The molecule has 0 aliphatic heterocycles. The van der Waals surface area contributed by atoms with Gasteiger partial charge in [-0.15, -0.1) is 0 Å². The van der Waals surface area contributed by atoms with Gasteiger partial charge in [-0.3, -0.25) is 11.3 Å². The van der Waals surface area contributed by atoms with Crippen LogP contribution in [0.25, 0.3) is 0 Å². The summed E-state index contributed by atoms with van der Waals surface area (Å²) in [4.78, 5) is 0. The second kappa shape index (κ2) is 6.88. The molecule has 1 unspecified atom stereocenters. The van der Waals surface area contributed by atoms with E-state index in [0.717, 1.165) is 27.8 Å². The summed E-state index contributed by atoms with van der Waals surface area (Å²) in [6.07, 6.45) is 0.768. The molecule has 0 heterocycles. The lowest BCUT2D eigenvalue weighted by Gasteiger charge is -2.19. The first-order chi connectivity index (χ1) is 9.65. The van der Waals surface area contributed by atoms with Gasteiger partial charge in [0.05, 0.1) is 13.2 Å². The summed E-state index contributed by atoms with van der Waals surface area (Å²) < 4.78 is 6.48. The van der Waals surface area contributed by atoms with Gasteiger partial charge in [0.15, 0.2) is 0 Å². The van der Waals surface area contributed by atoms with Gasteiger partial charge >= 0.3 is 0 Å². The lowest BCUT2D eigenvalue weighted by molar-refractivity contribution is 0.405. The number of hydrogen-bond donors (Lipinski definition) is 2. The molecule has 1 atom stereocenters. The Labute approximate surface area is 128 Å². The van der Waals surface area contributed by atoms with Gasteiger partial charge in [0.2, 0.25) is 0 Å². The third kappa shape index (κ3) is 3.39. The number of nitrogens with one attached hydrogen (secondary N) is 1. The molecular formula is C16H19BrN2O. The van der Waals surface area contributed by atoms with Crippen molar-refractivity contribution in [1.82, 2.24) is 5.43 Å². The SMILES string of the molecule is COc1ccc(C)cc1CC(NN)c1ccccc1Br. The van der Waals surface area contributed by atoms with Gasteiger partial charge in [-0.25, -0.2) is 0 Å². The van der Waals surface area contributed by atoms with Crippen LogP contribution in [0.4, 0.5) is 0 Å². The molecule has 0 aliphatic carbocycles. The number of rotatable bonds is 5. The third-order valence-electron chi connectivity index (χ3n) is 3.34. The number of nitrogens with two attached hydrogens (primary N) is 1. The molecule has 2 aromatic carbocycles. The molecule has 2 aromatic rings. The van der Waals surface area contributed by atoms with Crippen LogP contribution in [0.1, 0.15) is 22.7 Å². The number of methoxy groups -OCH3 is 1. The Morgan fingerprint density at radius 2 is 2.00 bits per heavy atom. The second-order valence-corrected chi connectivity index (χ2v) is 5.61. The van der Waals surface area contributed by atoms with E-state index in [1.807, 2.05) is 30.3 Å². The highest BCUT2D eigenvalue weighted by Crippen LogP contribution is 2.29. The maximum absolute atomic E-state index is 5.74. The van der Waals surface area contributed by atoms with Crippen molar-refractivity contribution in [1.29, 1.82) is 0 Å². The topological polar surface area (TPSA) is 47.3 Å². The van der Waals surface area contributed by atoms with Gasteiger partial charge < -0.3 is 4.74 Å². The van der Waals surface area contributed by atoms with Crippen LogP contribution in [0.3, 0.4) is 0 Å². The average Bonchev–Trinajstić information content (AvgIpc) is 2.46. The Bertz CT molecular complexity index is 586. The minimum absolute atomic E-state index is 0.0290. The van der Waals surface area contributed by atoms with Crippen molar-refractivity contribution in [2.24, 2.45) is 5.84 Å². The quantitative estimate of drug-likeness (QED) is 0.649. The Kier molecular flexibility index (Phi) is 5.17. The van der Waals surface area contributed by atoms with Crippen molar-refractivity contribution in [2.75, 3.05) is 7.11 Å². The largest absolute Gasteiger partial charge is 0.496 e. The van der Waals surface area contributed by atoms with Gasteiger partial charge in [-0.1, -0.05) is 51.8 Å². The molecule has 3 nitrogen and oxygen atoms in total. The highest BCUT2D eigenvalue weighted by Gasteiger charge is 2.15. The van der Waals surface area contributed by atoms with Crippen molar-refractivity contribution in [3.05, 3.63) is 63.6 Å². The molecule has 0 radical (unpaired) electrons. The zero-order valence-electron chi connectivity index (χ0n) is 11.7. The molecule has 20 heavy (non-hydrogen) atoms. The van der Waals surface area contributed by atoms with Crippen molar-refractivity contribution >= 4 is 15.9 Å². The molecule has 4 heteroatoms. The fourth-order valence-electron chi connectivity index (χ4n) is 2.30. The third-order valence-corrected chi connectivity index (χ3v) is 4.06. The highest BCUT2D eigenvalue weighted by molar-refractivity contribution is 9.10. The predicted octanol–water partition coefficient (Wildman–Crippen LogP) is 3.51. The van der Waals surface area contributed by atoms with E-state index in [9.17, 15) is 0 Å². The minimum Gasteiger partial charge on any atom is -0.496 e. The molecule has 0 spiro atoms. The highest BCUT2D eigenvalue weighted by atomic mass is 79.9. The minimum atomic E-state index is 0.0290. The standard InChI is InChI=1S/C16H19BrN2O/c1-11-7-8-16(20-2)12(9-11)10-15(19-18)13-5-3-4-6-14(13)17/h3-9,15,19H,10,18H2,1-2H3. The maximum atomic E-state index is 5.74. The van der Waals surface area contributed by atoms with Crippen LogP contribution in [-0.4, -0.2) is 7.11 Å². The van der Waals surface area contributed by atoms with Crippen LogP contribution in [0.15, 0.2) is 46.9 Å². The van der Waals surface area contributed by atoms with E-state index in [4.69, 9.17) is 10.6 Å². The number of hydrazine groups is 1. The second-order valence-electron chi connectivity index (χ2n) is 4.76. The Hall–Kier alpha value is -1.36. The first kappa shape index (κ1) is 15.0. The van der Waals surface area contributed by atoms with Gasteiger partial charge in [0.1, 0.15) is 5.75 Å². The first-order valence-corrected chi connectivity index (χ1v) is 7.29. The van der Waals surface area contributed by atoms with Crippen LogP contribution < -0.4 is 16.0 Å². The Morgan fingerprint density at radius 1 is 1.25 bits per heavy atom. The van der Waals surface area contributed by atoms with Gasteiger partial charge in [-0.05, 0) is 36.6 Å². The monoisotopic (exact) mass is 334 g/mol. The van der Waals surface area contributed by atoms with E-state index in [2.05, 4.69) is 40.4 Å². The summed E-state index contributed by atoms with van der Waals surface area (Å²) in [5.41, 5.74) is 6.39. The van der Waals surface area contributed by atoms with Crippen molar-refractivity contribution in [2.45, 2.75) is 19.4 Å². The zero-order chi connectivity index (χ0) is 14.5.